The van der Waals surface area contributed by atoms with E-state index in [0.717, 1.165) is 19.3 Å². The zero-order valence-corrected chi connectivity index (χ0v) is 11.1. The van der Waals surface area contributed by atoms with E-state index in [9.17, 15) is 13.2 Å². The number of unbranched alkanes of at least 4 members (excludes halogenated alkanes) is 7. The van der Waals surface area contributed by atoms with Gasteiger partial charge in [0.25, 0.3) is 0 Å². The lowest BCUT2D eigenvalue weighted by atomic mass is 10.1. The van der Waals surface area contributed by atoms with E-state index >= 15 is 0 Å². The minimum Gasteiger partial charge on any atom is -0.393 e. The van der Waals surface area contributed by atoms with Crippen LogP contribution in [0.4, 0.5) is 13.2 Å². The van der Waals surface area contributed by atoms with Gasteiger partial charge in [-0.3, -0.25) is 0 Å². The predicted molar refractivity (Wildman–Crippen MR) is 65.5 cm³/mol. The van der Waals surface area contributed by atoms with Gasteiger partial charge in [-0.25, -0.2) is 0 Å². The van der Waals surface area contributed by atoms with Crippen molar-refractivity contribution >= 4 is 0 Å². The van der Waals surface area contributed by atoms with E-state index in [4.69, 9.17) is 5.11 Å². The number of rotatable bonds is 11. The average molecular weight is 270 g/mol. The fourth-order valence-electron chi connectivity index (χ4n) is 1.71. The van der Waals surface area contributed by atoms with Gasteiger partial charge in [-0.2, -0.15) is 13.2 Å². The number of hydrogen-bond donors (Lipinski definition) is 1. The molecule has 0 aromatic heterocycles. The number of alkyl halides is 3. The van der Waals surface area contributed by atoms with Gasteiger partial charge in [-0.1, -0.05) is 51.9 Å². The number of aliphatic hydroxyl groups excluding tert-OH is 1. The molecule has 0 radical (unpaired) electrons. The van der Waals surface area contributed by atoms with Crippen molar-refractivity contribution in [2.24, 2.45) is 0 Å². The minimum atomic E-state index is -4.46. The third-order valence-electron chi connectivity index (χ3n) is 2.85. The van der Waals surface area contributed by atoms with Crippen molar-refractivity contribution < 1.29 is 23.0 Å². The van der Waals surface area contributed by atoms with Crippen molar-refractivity contribution in [2.45, 2.75) is 70.6 Å². The maximum Gasteiger partial charge on any atom is 0.416 e. The van der Waals surface area contributed by atoms with Crippen molar-refractivity contribution in [3.63, 3.8) is 0 Å². The Balaban J connectivity index is 3.34. The summed E-state index contributed by atoms with van der Waals surface area (Å²) in [4.78, 5) is 0. The summed E-state index contributed by atoms with van der Waals surface area (Å²) in [5.41, 5.74) is 0. The average Bonchev–Trinajstić information content (AvgIpc) is 2.30. The maximum absolute atomic E-state index is 12.2. The molecule has 18 heavy (non-hydrogen) atoms. The molecule has 0 heterocycles. The summed E-state index contributed by atoms with van der Waals surface area (Å²) in [5.74, 6) is 0. The molecule has 0 aromatic carbocycles. The minimum absolute atomic E-state index is 0.0691. The Hall–Kier alpha value is -0.290. The molecule has 1 atom stereocenters. The second kappa shape index (κ2) is 10.6. The first-order chi connectivity index (χ1) is 8.52. The van der Waals surface area contributed by atoms with Crippen LogP contribution in [0.2, 0.25) is 0 Å². The number of aliphatic hydroxyl groups is 1. The second-order valence-electron chi connectivity index (χ2n) is 4.56. The second-order valence-corrected chi connectivity index (χ2v) is 4.56. The quantitative estimate of drug-likeness (QED) is 0.573. The topological polar surface area (TPSA) is 29.5 Å². The Bertz CT molecular complexity index is 184. The lowest BCUT2D eigenvalue weighted by molar-refractivity contribution is -0.229. The molecule has 0 aliphatic heterocycles. The molecule has 0 aliphatic rings. The lowest BCUT2D eigenvalue weighted by Gasteiger charge is -2.18. The summed E-state index contributed by atoms with van der Waals surface area (Å²) in [6, 6.07) is 0. The largest absolute Gasteiger partial charge is 0.416 e. The van der Waals surface area contributed by atoms with Crippen LogP contribution in [0.1, 0.15) is 58.3 Å². The lowest BCUT2D eigenvalue weighted by Crippen LogP contribution is -2.35. The third-order valence-corrected chi connectivity index (χ3v) is 2.85. The van der Waals surface area contributed by atoms with Gasteiger partial charge >= 0.3 is 6.18 Å². The predicted octanol–water partition coefficient (Wildman–Crippen LogP) is 4.07. The van der Waals surface area contributed by atoms with Gasteiger partial charge in [0, 0.05) is 6.61 Å². The number of ether oxygens (including phenoxy) is 1. The van der Waals surface area contributed by atoms with Gasteiger partial charge in [0.2, 0.25) is 0 Å². The van der Waals surface area contributed by atoms with Crippen LogP contribution in [0.25, 0.3) is 0 Å². The van der Waals surface area contributed by atoms with Gasteiger partial charge in [0.15, 0.2) is 6.10 Å². The van der Waals surface area contributed by atoms with E-state index in [1.54, 1.807) is 0 Å². The molecule has 0 aliphatic carbocycles. The third kappa shape index (κ3) is 9.71. The highest BCUT2D eigenvalue weighted by atomic mass is 19.4. The van der Waals surface area contributed by atoms with E-state index in [-0.39, 0.29) is 6.61 Å². The van der Waals surface area contributed by atoms with Crippen LogP contribution in [0.3, 0.4) is 0 Å². The van der Waals surface area contributed by atoms with Crippen LogP contribution >= 0.6 is 0 Å². The first-order valence-electron chi connectivity index (χ1n) is 6.81. The maximum atomic E-state index is 12.2. The normalized spacial score (nSPS) is 13.8. The van der Waals surface area contributed by atoms with Gasteiger partial charge in [0.1, 0.15) is 0 Å². The molecule has 0 fully saturated rings. The Morgan fingerprint density at radius 3 is 1.89 bits per heavy atom. The van der Waals surface area contributed by atoms with Crippen LogP contribution in [0, 0.1) is 0 Å². The first-order valence-corrected chi connectivity index (χ1v) is 6.81. The zero-order valence-electron chi connectivity index (χ0n) is 11.1. The van der Waals surface area contributed by atoms with Crippen molar-refractivity contribution in [1.82, 2.24) is 0 Å². The molecule has 0 saturated carbocycles. The molecule has 1 N–H and O–H groups in total. The van der Waals surface area contributed by atoms with E-state index in [2.05, 4.69) is 11.7 Å². The van der Waals surface area contributed by atoms with E-state index < -0.39 is 18.9 Å². The highest BCUT2D eigenvalue weighted by molar-refractivity contribution is 4.65. The number of hydrogen-bond acceptors (Lipinski definition) is 2. The molecule has 0 aromatic rings. The first kappa shape index (κ1) is 17.7. The Morgan fingerprint density at radius 2 is 1.44 bits per heavy atom. The molecule has 5 heteroatoms. The molecule has 110 valence electrons. The molecule has 0 amide bonds. The fraction of sp³-hybridized carbons (Fsp3) is 1.00. The summed E-state index contributed by atoms with van der Waals surface area (Å²) >= 11 is 0. The Morgan fingerprint density at radius 1 is 0.944 bits per heavy atom. The molecule has 1 unspecified atom stereocenters. The smallest absolute Gasteiger partial charge is 0.393 e. The van der Waals surface area contributed by atoms with Crippen LogP contribution in [-0.2, 0) is 4.74 Å². The fourth-order valence-corrected chi connectivity index (χ4v) is 1.71. The van der Waals surface area contributed by atoms with Crippen LogP contribution in [0.15, 0.2) is 0 Å². The molecular formula is C13H25F3O2. The van der Waals surface area contributed by atoms with Crippen molar-refractivity contribution in [1.29, 1.82) is 0 Å². The van der Waals surface area contributed by atoms with Crippen molar-refractivity contribution in [3.8, 4) is 0 Å². The Labute approximate surface area is 108 Å². The summed E-state index contributed by atoms with van der Waals surface area (Å²) in [6.45, 7) is 1.23. The van der Waals surface area contributed by atoms with E-state index in [1.807, 2.05) is 0 Å². The Kier molecular flexibility index (Phi) is 10.4. The molecule has 2 nitrogen and oxygen atoms in total. The summed E-state index contributed by atoms with van der Waals surface area (Å²) in [5, 5.41) is 8.54. The molecular weight excluding hydrogens is 245 g/mol. The monoisotopic (exact) mass is 270 g/mol. The zero-order chi connectivity index (χ0) is 13.9. The van der Waals surface area contributed by atoms with Gasteiger partial charge in [-0.15, -0.1) is 0 Å². The summed E-state index contributed by atoms with van der Waals surface area (Å²) in [7, 11) is 0. The van der Waals surface area contributed by atoms with Gasteiger partial charge in [-0.05, 0) is 6.42 Å². The summed E-state index contributed by atoms with van der Waals surface area (Å²) in [6.07, 6.45) is 2.13. The summed E-state index contributed by atoms with van der Waals surface area (Å²) < 4.78 is 41.2. The van der Waals surface area contributed by atoms with Gasteiger partial charge in [0.05, 0.1) is 6.61 Å². The molecule has 0 bridgehead atoms. The standard InChI is InChI=1S/C13H25F3O2/c1-2-3-4-5-6-7-8-9-10-18-12(11-17)13(14,15)16/h12,17H,2-11H2,1H3. The van der Waals surface area contributed by atoms with Crippen LogP contribution in [0.5, 0.6) is 0 Å². The SMILES string of the molecule is CCCCCCCCCCOC(CO)C(F)(F)F. The van der Waals surface area contributed by atoms with Crippen LogP contribution in [-0.4, -0.2) is 30.6 Å². The van der Waals surface area contributed by atoms with Crippen molar-refractivity contribution in [3.05, 3.63) is 0 Å². The molecule has 0 rings (SSSR count). The van der Waals surface area contributed by atoms with Crippen molar-refractivity contribution in [2.75, 3.05) is 13.2 Å². The highest BCUT2D eigenvalue weighted by Crippen LogP contribution is 2.22. The van der Waals surface area contributed by atoms with E-state index in [1.165, 1.54) is 25.7 Å². The molecule has 0 spiro atoms. The van der Waals surface area contributed by atoms with Crippen LogP contribution < -0.4 is 0 Å². The van der Waals surface area contributed by atoms with Gasteiger partial charge < -0.3 is 9.84 Å². The number of halogens is 3. The van der Waals surface area contributed by atoms with E-state index in [0.29, 0.717) is 6.42 Å². The molecule has 0 saturated heterocycles. The highest BCUT2D eigenvalue weighted by Gasteiger charge is 2.39.